The number of hydrogen-bond donors (Lipinski definition) is 1. The van der Waals surface area contributed by atoms with Crippen LogP contribution in [0.2, 0.25) is 5.02 Å². The first-order valence-electron chi connectivity index (χ1n) is 11.6. The summed E-state index contributed by atoms with van der Waals surface area (Å²) in [6.45, 7) is 9.15. The number of para-hydroxylation sites is 1. The van der Waals surface area contributed by atoms with Crippen molar-refractivity contribution in [3.8, 4) is 5.75 Å². The lowest BCUT2D eigenvalue weighted by Gasteiger charge is -2.14. The number of carbonyl (C=O) groups excluding carboxylic acids is 1. The molecule has 6 nitrogen and oxygen atoms in total. The van der Waals surface area contributed by atoms with Gasteiger partial charge in [0.25, 0.3) is 0 Å². The molecule has 3 aromatic rings. The van der Waals surface area contributed by atoms with E-state index in [1.165, 1.54) is 11.8 Å². The first-order valence-corrected chi connectivity index (χ1v) is 13.8. The van der Waals surface area contributed by atoms with Crippen molar-refractivity contribution in [2.75, 3.05) is 17.7 Å². The number of hydrogen-bond acceptors (Lipinski definition) is 5. The number of nitrogens with zero attached hydrogens (tertiary/aromatic N) is 3. The smallest absolute Gasteiger partial charge is 0.234 e. The maximum atomic E-state index is 12.8. The van der Waals surface area contributed by atoms with Crippen LogP contribution in [0.4, 0.5) is 5.69 Å². The van der Waals surface area contributed by atoms with Crippen LogP contribution in [0.1, 0.15) is 37.2 Å². The van der Waals surface area contributed by atoms with Gasteiger partial charge < -0.3 is 14.6 Å². The van der Waals surface area contributed by atoms with Gasteiger partial charge in [-0.2, -0.15) is 0 Å². The lowest BCUT2D eigenvalue weighted by molar-refractivity contribution is -0.113. The van der Waals surface area contributed by atoms with Crippen molar-refractivity contribution in [2.45, 2.75) is 51.2 Å². The number of benzene rings is 2. The zero-order chi connectivity index (χ0) is 25.2. The fraction of sp³-hybridized carbons (Fsp3) is 0.346. The maximum Gasteiger partial charge on any atom is 0.234 e. The average Bonchev–Trinajstić information content (AvgIpc) is 3.23. The predicted octanol–water partition coefficient (Wildman–Crippen LogP) is 6.75. The Kier molecular flexibility index (Phi) is 10.7. The molecule has 0 spiro atoms. The highest BCUT2D eigenvalue weighted by molar-refractivity contribution is 9.10. The Bertz CT molecular complexity index is 1150. The topological polar surface area (TPSA) is 69.0 Å². The first kappa shape index (κ1) is 27.3. The number of carbonyl (C=O) groups is 1. The molecule has 0 bridgehead atoms. The third kappa shape index (κ3) is 7.59. The summed E-state index contributed by atoms with van der Waals surface area (Å²) in [5.74, 6) is 1.79. The number of aromatic nitrogens is 3. The van der Waals surface area contributed by atoms with Crippen LogP contribution in [0.3, 0.4) is 0 Å². The van der Waals surface area contributed by atoms with Crippen molar-refractivity contribution in [1.82, 2.24) is 14.8 Å². The fourth-order valence-corrected chi connectivity index (χ4v) is 5.20. The van der Waals surface area contributed by atoms with E-state index in [1.54, 1.807) is 12.1 Å². The Hall–Kier alpha value is -2.29. The van der Waals surface area contributed by atoms with Crippen molar-refractivity contribution in [3.05, 3.63) is 75.5 Å². The number of halogens is 2. The van der Waals surface area contributed by atoms with Crippen LogP contribution in [0.5, 0.6) is 5.75 Å². The average molecular weight is 578 g/mol. The van der Waals surface area contributed by atoms with Crippen molar-refractivity contribution in [3.63, 3.8) is 0 Å². The van der Waals surface area contributed by atoms with Gasteiger partial charge in [-0.15, -0.1) is 16.8 Å². The molecule has 0 fully saturated rings. The van der Waals surface area contributed by atoms with Gasteiger partial charge in [0, 0.05) is 23.7 Å². The van der Waals surface area contributed by atoms with Gasteiger partial charge in [-0.05, 0) is 64.5 Å². The summed E-state index contributed by atoms with van der Waals surface area (Å²) < 4.78 is 8.68. The van der Waals surface area contributed by atoms with Crippen LogP contribution in [0.25, 0.3) is 0 Å². The van der Waals surface area contributed by atoms with Crippen LogP contribution in [0.15, 0.2) is 58.7 Å². The van der Waals surface area contributed by atoms with E-state index in [0.29, 0.717) is 29.8 Å². The molecule has 0 radical (unpaired) electrons. The summed E-state index contributed by atoms with van der Waals surface area (Å²) in [5, 5.41) is 13.1. The Morgan fingerprint density at radius 2 is 1.97 bits per heavy atom. The predicted molar refractivity (Wildman–Crippen MR) is 148 cm³/mol. The Morgan fingerprint density at radius 1 is 1.23 bits per heavy atom. The van der Waals surface area contributed by atoms with Gasteiger partial charge in [-0.3, -0.25) is 4.79 Å². The number of nitrogens with one attached hydrogen (secondary N) is 1. The Morgan fingerprint density at radius 3 is 2.63 bits per heavy atom. The van der Waals surface area contributed by atoms with Crippen molar-refractivity contribution in [1.29, 1.82) is 0 Å². The minimum atomic E-state index is -0.0535. The lowest BCUT2D eigenvalue weighted by Crippen LogP contribution is -2.17. The van der Waals surface area contributed by atoms with Gasteiger partial charge in [0.15, 0.2) is 5.16 Å². The molecule has 0 atom stereocenters. The molecular weight excluding hydrogens is 548 g/mol. The molecule has 0 aliphatic heterocycles. The first-order chi connectivity index (χ1) is 17.0. The van der Waals surface area contributed by atoms with Crippen LogP contribution >= 0.6 is 39.3 Å². The summed E-state index contributed by atoms with van der Waals surface area (Å²) >= 11 is 10.8. The second-order valence-electron chi connectivity index (χ2n) is 7.82. The molecule has 35 heavy (non-hydrogen) atoms. The molecule has 9 heteroatoms. The normalized spacial score (nSPS) is 10.9. The van der Waals surface area contributed by atoms with Crippen molar-refractivity contribution < 1.29 is 9.53 Å². The Labute approximate surface area is 224 Å². The number of allylic oxidation sites excluding steroid dienone is 1. The number of ether oxygens (including phenoxy) is 1. The van der Waals surface area contributed by atoms with Crippen LogP contribution in [-0.4, -0.2) is 33.0 Å². The van der Waals surface area contributed by atoms with Gasteiger partial charge in [-0.25, -0.2) is 0 Å². The minimum absolute atomic E-state index is 0.0535. The highest BCUT2D eigenvalue weighted by Crippen LogP contribution is 2.28. The summed E-state index contributed by atoms with van der Waals surface area (Å²) in [5.41, 5.74) is 3.23. The van der Waals surface area contributed by atoms with Gasteiger partial charge in [0.1, 0.15) is 11.6 Å². The zero-order valence-corrected chi connectivity index (χ0v) is 23.2. The van der Waals surface area contributed by atoms with Crippen LogP contribution in [0, 0.1) is 0 Å². The monoisotopic (exact) mass is 576 g/mol. The molecule has 1 amide bonds. The second kappa shape index (κ2) is 13.7. The molecule has 0 saturated heterocycles. The van der Waals surface area contributed by atoms with Crippen LogP contribution in [-0.2, 0) is 30.6 Å². The molecule has 186 valence electrons. The van der Waals surface area contributed by atoms with E-state index >= 15 is 0 Å². The quantitative estimate of drug-likeness (QED) is 0.138. The van der Waals surface area contributed by atoms with E-state index in [9.17, 15) is 4.79 Å². The van der Waals surface area contributed by atoms with E-state index in [1.807, 2.05) is 22.8 Å². The third-order valence-electron chi connectivity index (χ3n) is 5.40. The van der Waals surface area contributed by atoms with Gasteiger partial charge >= 0.3 is 0 Å². The fourth-order valence-electron chi connectivity index (χ4n) is 3.64. The van der Waals surface area contributed by atoms with E-state index in [4.69, 9.17) is 16.3 Å². The standard InChI is InChI=1S/C26H30BrClN4O2S/c1-4-14-32-23(11-8-15-34-22-13-12-20(28)16-21(22)27)30-31-26(32)35-17-24(33)29-25-18(5-2)9-7-10-19(25)6-3/h4,7,9-10,12-13,16H,1,5-6,8,11,14-15,17H2,2-3H3,(H,29,33). The highest BCUT2D eigenvalue weighted by Gasteiger charge is 2.15. The number of thioether (sulfide) groups is 1. The number of anilines is 1. The molecular formula is C26H30BrClN4O2S. The van der Waals surface area contributed by atoms with Crippen molar-refractivity contribution in [2.24, 2.45) is 0 Å². The van der Waals surface area contributed by atoms with Gasteiger partial charge in [-0.1, -0.05) is 61.5 Å². The number of amides is 1. The minimum Gasteiger partial charge on any atom is -0.492 e. The third-order valence-corrected chi connectivity index (χ3v) is 7.22. The highest BCUT2D eigenvalue weighted by atomic mass is 79.9. The van der Waals surface area contributed by atoms with Crippen LogP contribution < -0.4 is 10.1 Å². The number of aryl methyl sites for hydroxylation is 3. The summed E-state index contributed by atoms with van der Waals surface area (Å²) in [6, 6.07) is 11.6. The molecule has 1 aromatic heterocycles. The van der Waals surface area contributed by atoms with Gasteiger partial charge in [0.05, 0.1) is 16.8 Å². The van der Waals surface area contributed by atoms with Crippen molar-refractivity contribution >= 4 is 50.9 Å². The van der Waals surface area contributed by atoms with E-state index in [-0.39, 0.29) is 11.7 Å². The molecule has 2 aromatic carbocycles. The summed E-state index contributed by atoms with van der Waals surface area (Å²) in [6.07, 6.45) is 5.01. The Balaban J connectivity index is 1.57. The van der Waals surface area contributed by atoms with E-state index in [0.717, 1.165) is 52.1 Å². The number of rotatable bonds is 13. The molecule has 3 rings (SSSR count). The molecule has 0 aliphatic rings. The molecule has 0 unspecified atom stereocenters. The van der Waals surface area contributed by atoms with Gasteiger partial charge in [0.2, 0.25) is 5.91 Å². The lowest BCUT2D eigenvalue weighted by atomic mass is 10.0. The molecule has 1 N–H and O–H groups in total. The zero-order valence-electron chi connectivity index (χ0n) is 20.0. The summed E-state index contributed by atoms with van der Waals surface area (Å²) in [4.78, 5) is 12.8. The molecule has 0 saturated carbocycles. The molecule has 0 aliphatic carbocycles. The summed E-state index contributed by atoms with van der Waals surface area (Å²) in [7, 11) is 0. The SMILES string of the molecule is C=CCn1c(CCCOc2ccc(Cl)cc2Br)nnc1SCC(=O)Nc1c(CC)cccc1CC. The van der Waals surface area contributed by atoms with E-state index in [2.05, 4.69) is 64.0 Å². The maximum absolute atomic E-state index is 12.8. The second-order valence-corrected chi connectivity index (χ2v) is 10.1. The van der Waals surface area contributed by atoms with E-state index < -0.39 is 0 Å². The largest absolute Gasteiger partial charge is 0.492 e. The molecule has 1 heterocycles.